The van der Waals surface area contributed by atoms with E-state index in [9.17, 15) is 33.1 Å². The van der Waals surface area contributed by atoms with Gasteiger partial charge in [-0.25, -0.2) is 17.6 Å². The van der Waals surface area contributed by atoms with E-state index in [0.717, 1.165) is 6.07 Å². The van der Waals surface area contributed by atoms with E-state index in [1.165, 1.54) is 28.0 Å². The highest BCUT2D eigenvalue weighted by Gasteiger charge is 2.41. The second-order valence-corrected chi connectivity index (χ2v) is 15.8. The van der Waals surface area contributed by atoms with Gasteiger partial charge in [0.05, 0.1) is 41.6 Å². The van der Waals surface area contributed by atoms with E-state index in [1.807, 2.05) is 0 Å². The predicted octanol–water partition coefficient (Wildman–Crippen LogP) is 3.72. The molecule has 2 aromatic carbocycles. The van der Waals surface area contributed by atoms with Crippen molar-refractivity contribution in [3.63, 3.8) is 0 Å². The number of hydrogen-bond donors (Lipinski definition) is 7. The fourth-order valence-corrected chi connectivity index (χ4v) is 8.42. The lowest BCUT2D eigenvalue weighted by Crippen LogP contribution is -2.53. The molecule has 59 heavy (non-hydrogen) atoms. The van der Waals surface area contributed by atoms with Gasteiger partial charge in [0.15, 0.2) is 11.6 Å². The molecule has 2 aliphatic heterocycles. The first-order valence-electron chi connectivity index (χ1n) is 20.3. The fraction of sp³-hybridized carbons (Fsp3) is 0.524. The predicted molar refractivity (Wildman–Crippen MR) is 215 cm³/mol. The minimum Gasteiger partial charge on any atom is -0.391 e. The molecule has 6 rings (SSSR count). The van der Waals surface area contributed by atoms with Crippen molar-refractivity contribution in [2.24, 2.45) is 0 Å². The van der Waals surface area contributed by atoms with Crippen LogP contribution in [0, 0.1) is 17.5 Å². The van der Waals surface area contributed by atoms with Gasteiger partial charge in [-0.2, -0.15) is 0 Å². The van der Waals surface area contributed by atoms with Crippen LogP contribution in [0.25, 0.3) is 33.2 Å². The molecule has 17 heteroatoms. The van der Waals surface area contributed by atoms with Gasteiger partial charge in [0, 0.05) is 41.3 Å². The zero-order valence-electron chi connectivity index (χ0n) is 34.1. The van der Waals surface area contributed by atoms with Crippen molar-refractivity contribution in [1.29, 1.82) is 0 Å². The number of aliphatic hydroxyl groups excluding tert-OH is 1. The van der Waals surface area contributed by atoms with Gasteiger partial charge in [-0.3, -0.25) is 19.2 Å². The molecule has 0 bridgehead atoms. The van der Waals surface area contributed by atoms with E-state index in [2.05, 4.69) is 31.2 Å². The minimum atomic E-state index is -1.37. The number of benzene rings is 2. The molecule has 7 N–H and O–H groups in total. The zero-order valence-corrected chi connectivity index (χ0v) is 34.1. The minimum absolute atomic E-state index is 0.0158. The Balaban J connectivity index is 1.42. The Morgan fingerprint density at radius 3 is 1.88 bits per heavy atom. The van der Waals surface area contributed by atoms with Crippen LogP contribution >= 0.6 is 0 Å². The Hall–Kier alpha value is -5.00. The molecule has 4 amide bonds. The van der Waals surface area contributed by atoms with E-state index in [1.54, 1.807) is 47.9 Å². The van der Waals surface area contributed by atoms with E-state index in [4.69, 9.17) is 0 Å². The summed E-state index contributed by atoms with van der Waals surface area (Å²) in [6.07, 6.45) is -1.46. The molecule has 2 aromatic heterocycles. The highest BCUT2D eigenvalue weighted by molar-refractivity contribution is 5.97. The summed E-state index contributed by atoms with van der Waals surface area (Å²) in [7, 11) is 3.24. The number of fused-ring (bicyclic) bond motifs is 2. The summed E-state index contributed by atoms with van der Waals surface area (Å²) in [5, 5.41) is 23.0. The van der Waals surface area contributed by atoms with E-state index in [0.29, 0.717) is 38.8 Å². The van der Waals surface area contributed by atoms with Gasteiger partial charge >= 0.3 is 0 Å². The van der Waals surface area contributed by atoms with Gasteiger partial charge in [0.25, 0.3) is 0 Å². The number of halogens is 4. The number of β-amino-alcohol motifs (C(OH)–C–C–N with tert-alkyl or cyclic N) is 1. The SMILES string of the molecule is CC[C@H](NC(=O)[C@H](C)NC)C(=O)N1C[C@@H](O)C[C@H]1Cc1c(-c2[nH]c3cc(F)ccc3c2C[C@@H]2C[C@H](F)CN2C(=O)[C@H](CC)NC(=O)[C@H](C)NC)[nH]c2c(F)c(F)ccc12. The second kappa shape index (κ2) is 18.1. The average Bonchev–Trinajstić information content (AvgIpc) is 3.98. The third-order valence-corrected chi connectivity index (χ3v) is 12.0. The number of nitrogens with zero attached hydrogens (tertiary/aromatic N) is 2. The van der Waals surface area contributed by atoms with Crippen LogP contribution < -0.4 is 21.3 Å². The normalized spacial score (nSPS) is 21.5. The number of aromatic nitrogens is 2. The number of aromatic amines is 2. The Morgan fingerprint density at radius 1 is 0.780 bits per heavy atom. The van der Waals surface area contributed by atoms with Gasteiger partial charge in [-0.15, -0.1) is 0 Å². The number of likely N-dealkylation sites (tertiary alicyclic amines) is 2. The third-order valence-electron chi connectivity index (χ3n) is 12.0. The number of hydrogen-bond acceptors (Lipinski definition) is 7. The number of aliphatic hydroxyl groups is 1. The fourth-order valence-electron chi connectivity index (χ4n) is 8.42. The van der Waals surface area contributed by atoms with E-state index < -0.39 is 77.8 Å². The van der Waals surface area contributed by atoms with Crippen molar-refractivity contribution in [2.75, 3.05) is 27.2 Å². The number of amides is 4. The lowest BCUT2D eigenvalue weighted by molar-refractivity contribution is -0.138. The smallest absolute Gasteiger partial charge is 0.245 e. The number of carbonyl (C=O) groups excluding carboxylic acids is 4. The summed E-state index contributed by atoms with van der Waals surface area (Å²) >= 11 is 0. The summed E-state index contributed by atoms with van der Waals surface area (Å²) in [5.74, 6) is -4.39. The average molecular weight is 827 g/mol. The molecule has 320 valence electrons. The first kappa shape index (κ1) is 43.6. The molecule has 0 radical (unpaired) electrons. The molecule has 4 aromatic rings. The number of likely N-dealkylation sites (N-methyl/N-ethyl adjacent to an activating group) is 2. The molecule has 13 nitrogen and oxygen atoms in total. The maximum atomic E-state index is 15.7. The molecule has 8 atom stereocenters. The van der Waals surface area contributed by atoms with Gasteiger partial charge in [0.2, 0.25) is 23.6 Å². The van der Waals surface area contributed by atoms with E-state index >= 15 is 8.78 Å². The lowest BCUT2D eigenvalue weighted by atomic mass is 9.94. The second-order valence-electron chi connectivity index (χ2n) is 15.8. The standard InChI is InChI=1S/C42H54F4N8O5/c1-7-32(50-39(56)20(3)47-5)41(58)53-18-23(44)13-24(53)16-29-27-10-9-22(43)14-34(27)49-37(29)38-30(28-11-12-31(45)35(46)36(28)52-38)17-25-15-26(55)19-54(25)42(59)33(8-2)51-40(57)21(4)48-6/h9-12,14,20-21,23-26,32-33,47-49,52,55H,7-8,13,15-19H2,1-6H3,(H,50,56)(H,51,57)/t20-,21-,23-,24-,25-,26-,32-,33-/m0/s1. The maximum absolute atomic E-state index is 15.7. The van der Waals surface area contributed by atoms with Gasteiger partial charge in [-0.1, -0.05) is 13.8 Å². The first-order valence-corrected chi connectivity index (χ1v) is 20.3. The maximum Gasteiger partial charge on any atom is 0.245 e. The van der Waals surface area contributed by atoms with Crippen LogP contribution in [-0.2, 0) is 32.0 Å². The van der Waals surface area contributed by atoms with Crippen LogP contribution in [0.2, 0.25) is 0 Å². The number of H-pyrrole nitrogens is 2. The highest BCUT2D eigenvalue weighted by atomic mass is 19.2. The molecular weight excluding hydrogens is 773 g/mol. The van der Waals surface area contributed by atoms with E-state index in [-0.39, 0.29) is 68.9 Å². The van der Waals surface area contributed by atoms with Crippen molar-refractivity contribution < 1.29 is 41.8 Å². The van der Waals surface area contributed by atoms with Crippen molar-refractivity contribution in [3.8, 4) is 11.4 Å². The molecule has 4 heterocycles. The Labute approximate surface area is 340 Å². The van der Waals surface area contributed by atoms with Crippen LogP contribution in [0.15, 0.2) is 30.3 Å². The van der Waals surface area contributed by atoms with Crippen LogP contribution in [0.3, 0.4) is 0 Å². The quantitative estimate of drug-likeness (QED) is 0.0895. The van der Waals surface area contributed by atoms with Crippen LogP contribution in [-0.4, -0.2) is 124 Å². The molecule has 2 fully saturated rings. The first-order chi connectivity index (χ1) is 28.1. The lowest BCUT2D eigenvalue weighted by Gasteiger charge is -2.30. The van der Waals surface area contributed by atoms with Crippen LogP contribution in [0.1, 0.15) is 64.5 Å². The summed E-state index contributed by atoms with van der Waals surface area (Å²) in [6.45, 7) is 6.61. The Morgan fingerprint density at radius 2 is 1.31 bits per heavy atom. The summed E-state index contributed by atoms with van der Waals surface area (Å²) < 4.78 is 60.6. The Bertz CT molecular complexity index is 2210. The number of carbonyl (C=O) groups is 4. The number of alkyl halides is 1. The zero-order chi connectivity index (χ0) is 42.9. The topological polar surface area (TPSA) is 175 Å². The van der Waals surface area contributed by atoms with Crippen molar-refractivity contribution in [3.05, 3.63) is 58.9 Å². The summed E-state index contributed by atoms with van der Waals surface area (Å²) in [5.41, 5.74) is 1.91. The molecule has 2 aliphatic rings. The third kappa shape index (κ3) is 8.82. The molecule has 2 saturated heterocycles. The van der Waals surface area contributed by atoms with Crippen molar-refractivity contribution in [1.82, 2.24) is 41.0 Å². The molecule has 0 spiro atoms. The van der Waals surface area contributed by atoms with Crippen LogP contribution in [0.4, 0.5) is 17.6 Å². The Kier molecular flexibility index (Phi) is 13.4. The molecule has 0 aliphatic carbocycles. The number of nitrogens with one attached hydrogen (secondary N) is 6. The molecule has 0 saturated carbocycles. The van der Waals surface area contributed by atoms with Gasteiger partial charge in [-0.05, 0) is 102 Å². The van der Waals surface area contributed by atoms with Crippen LogP contribution in [0.5, 0.6) is 0 Å². The number of rotatable bonds is 15. The van der Waals surface area contributed by atoms with Crippen molar-refractivity contribution in [2.45, 2.75) is 115 Å². The van der Waals surface area contributed by atoms with Gasteiger partial charge < -0.3 is 46.1 Å². The monoisotopic (exact) mass is 826 g/mol. The largest absolute Gasteiger partial charge is 0.391 e. The van der Waals surface area contributed by atoms with Crippen molar-refractivity contribution >= 4 is 45.4 Å². The summed E-state index contributed by atoms with van der Waals surface area (Å²) in [6, 6.07) is 2.28. The highest BCUT2D eigenvalue weighted by Crippen LogP contribution is 2.40. The molecule has 0 unspecified atom stereocenters. The molecular formula is C42H54F4N8O5. The van der Waals surface area contributed by atoms with Gasteiger partial charge in [0.1, 0.15) is 24.1 Å². The summed E-state index contributed by atoms with van der Waals surface area (Å²) in [4.78, 5) is 62.8.